The highest BCUT2D eigenvalue weighted by Gasteiger charge is 2.26. The zero-order valence-corrected chi connectivity index (χ0v) is 19.1. The van der Waals surface area contributed by atoms with Gasteiger partial charge in [-0.1, -0.05) is 38.1 Å². The van der Waals surface area contributed by atoms with Crippen molar-refractivity contribution in [1.82, 2.24) is 0 Å². The number of rotatable bonds is 9. The Labute approximate surface area is 182 Å². The molecule has 158 valence electrons. The molecule has 3 atom stereocenters. The molecule has 0 amide bonds. The summed E-state index contributed by atoms with van der Waals surface area (Å²) in [6.07, 6.45) is 1.72. The van der Waals surface area contributed by atoms with Crippen LogP contribution in [0.2, 0.25) is 0 Å². The van der Waals surface area contributed by atoms with E-state index < -0.39 is 0 Å². The van der Waals surface area contributed by atoms with Crippen molar-refractivity contribution in [3.63, 3.8) is 0 Å². The van der Waals surface area contributed by atoms with E-state index in [0.717, 1.165) is 35.8 Å². The maximum Gasteiger partial charge on any atom is 0.188 e. The van der Waals surface area contributed by atoms with Gasteiger partial charge >= 0.3 is 0 Å². The number of nitrogens with two attached hydrogens (primary N) is 1. The Bertz CT molecular complexity index is 786. The highest BCUT2D eigenvalue weighted by atomic mass is 32.2. The lowest BCUT2D eigenvalue weighted by Crippen LogP contribution is -2.37. The molecule has 2 N–H and O–H groups in total. The molecule has 0 fully saturated rings. The summed E-state index contributed by atoms with van der Waals surface area (Å²) in [6, 6.07) is 14.5. The van der Waals surface area contributed by atoms with Gasteiger partial charge in [-0.25, -0.2) is 0 Å². The van der Waals surface area contributed by atoms with Crippen LogP contribution in [0.25, 0.3) is 0 Å². The molecule has 1 aliphatic heterocycles. The molecular formula is C23H31NO3S2. The molecule has 1 heterocycles. The number of aryl methyl sites for hydroxylation is 1. The van der Waals surface area contributed by atoms with Gasteiger partial charge in [0, 0.05) is 34.3 Å². The molecule has 3 rings (SSSR count). The van der Waals surface area contributed by atoms with Gasteiger partial charge in [-0.15, -0.1) is 23.5 Å². The van der Waals surface area contributed by atoms with Crippen LogP contribution in [0.4, 0.5) is 0 Å². The van der Waals surface area contributed by atoms with Crippen LogP contribution in [0.3, 0.4) is 0 Å². The quantitative estimate of drug-likeness (QED) is 0.420. The minimum Gasteiger partial charge on any atom is -0.474 e. The molecule has 0 bridgehead atoms. The Balaban J connectivity index is 1.58. The topological polar surface area (TPSA) is 53.7 Å². The van der Waals surface area contributed by atoms with Gasteiger partial charge in [-0.3, -0.25) is 5.73 Å². The molecule has 4 nitrogen and oxygen atoms in total. The van der Waals surface area contributed by atoms with Crippen LogP contribution in [0.5, 0.6) is 11.5 Å². The molecule has 0 saturated heterocycles. The minimum atomic E-state index is -0.261. The average molecular weight is 434 g/mol. The minimum absolute atomic E-state index is 0.261. The summed E-state index contributed by atoms with van der Waals surface area (Å²) in [7, 11) is 1.65. The first-order valence-electron chi connectivity index (χ1n) is 10.1. The summed E-state index contributed by atoms with van der Waals surface area (Å²) in [5.41, 5.74) is 7.61. The van der Waals surface area contributed by atoms with Crippen molar-refractivity contribution < 1.29 is 14.2 Å². The van der Waals surface area contributed by atoms with Gasteiger partial charge in [0.25, 0.3) is 0 Å². The van der Waals surface area contributed by atoms with Crippen LogP contribution in [-0.4, -0.2) is 31.6 Å². The van der Waals surface area contributed by atoms with Crippen LogP contribution in [0, 0.1) is 11.8 Å². The predicted molar refractivity (Wildman–Crippen MR) is 122 cm³/mol. The molecule has 29 heavy (non-hydrogen) atoms. The Hall–Kier alpha value is -1.34. The second-order valence-corrected chi connectivity index (χ2v) is 9.52. The molecule has 0 radical (unpaired) electrons. The van der Waals surface area contributed by atoms with Crippen molar-refractivity contribution in [2.75, 3.05) is 25.4 Å². The molecule has 2 aromatic rings. The molecule has 0 saturated carbocycles. The normalized spacial score (nSPS) is 19.7. The summed E-state index contributed by atoms with van der Waals surface area (Å²) in [6.45, 7) is 4.71. The van der Waals surface area contributed by atoms with E-state index in [-0.39, 0.29) is 13.0 Å². The van der Waals surface area contributed by atoms with E-state index in [1.54, 1.807) is 7.11 Å². The first kappa shape index (κ1) is 22.3. The lowest BCUT2D eigenvalue weighted by atomic mass is 9.97. The Morgan fingerprint density at radius 2 is 2.07 bits per heavy atom. The maximum absolute atomic E-state index is 6.39. The number of thioether (sulfide) groups is 2. The first-order chi connectivity index (χ1) is 14.1. The van der Waals surface area contributed by atoms with Crippen LogP contribution in [0.15, 0.2) is 52.3 Å². The molecule has 0 aromatic heterocycles. The van der Waals surface area contributed by atoms with E-state index in [1.165, 1.54) is 15.4 Å². The van der Waals surface area contributed by atoms with Crippen molar-refractivity contribution in [2.24, 2.45) is 17.6 Å². The average Bonchev–Trinajstić information content (AvgIpc) is 2.89. The number of methoxy groups -OCH3 is 1. The summed E-state index contributed by atoms with van der Waals surface area (Å²) >= 11 is 3.70. The number of ether oxygens (including phenoxy) is 3. The Morgan fingerprint density at radius 3 is 2.86 bits per heavy atom. The molecule has 1 unspecified atom stereocenters. The standard InChI is InChI=1S/C23H31NO3S2/c1-4-17-8-7-11-21(22(17)26-15-25-3)28-13-16(2)12-18-14-29-20-10-6-5-9-19(20)27-23(18)24/h5-11,16,18,23H,4,12-15,24H2,1-3H3/t16-,18-,23?/m0/s1. The number of benzene rings is 2. The van der Waals surface area contributed by atoms with E-state index in [0.29, 0.717) is 11.8 Å². The van der Waals surface area contributed by atoms with Crippen LogP contribution >= 0.6 is 23.5 Å². The fraction of sp³-hybridized carbons (Fsp3) is 0.478. The summed E-state index contributed by atoms with van der Waals surface area (Å²) < 4.78 is 17.0. The van der Waals surface area contributed by atoms with Gasteiger partial charge in [0.05, 0.1) is 0 Å². The molecule has 2 aromatic carbocycles. The summed E-state index contributed by atoms with van der Waals surface area (Å²) in [4.78, 5) is 2.36. The zero-order valence-electron chi connectivity index (χ0n) is 17.4. The van der Waals surface area contributed by atoms with E-state index in [4.69, 9.17) is 19.9 Å². The number of para-hydroxylation sites is 2. The molecular weight excluding hydrogens is 402 g/mol. The second-order valence-electron chi connectivity index (χ2n) is 7.40. The van der Waals surface area contributed by atoms with Gasteiger partial charge in [-0.05, 0) is 42.5 Å². The molecule has 0 spiro atoms. The lowest BCUT2D eigenvalue weighted by Gasteiger charge is -2.24. The second kappa shape index (κ2) is 11.2. The third-order valence-electron chi connectivity index (χ3n) is 5.02. The Morgan fingerprint density at radius 1 is 1.24 bits per heavy atom. The van der Waals surface area contributed by atoms with Crippen LogP contribution in [-0.2, 0) is 11.2 Å². The fourth-order valence-electron chi connectivity index (χ4n) is 3.46. The highest BCUT2D eigenvalue weighted by molar-refractivity contribution is 7.99. The third kappa shape index (κ3) is 6.07. The van der Waals surface area contributed by atoms with E-state index in [9.17, 15) is 0 Å². The maximum atomic E-state index is 6.39. The van der Waals surface area contributed by atoms with Crippen LogP contribution in [0.1, 0.15) is 25.8 Å². The Kier molecular flexibility index (Phi) is 8.60. The summed E-state index contributed by atoms with van der Waals surface area (Å²) in [5.74, 6) is 4.70. The van der Waals surface area contributed by atoms with Crippen LogP contribution < -0.4 is 15.2 Å². The fourth-order valence-corrected chi connectivity index (χ4v) is 5.70. The smallest absolute Gasteiger partial charge is 0.188 e. The van der Waals surface area contributed by atoms with Gasteiger partial charge in [0.2, 0.25) is 0 Å². The molecule has 6 heteroatoms. The monoisotopic (exact) mass is 433 g/mol. The van der Waals surface area contributed by atoms with Gasteiger partial charge in [0.15, 0.2) is 13.0 Å². The first-order valence-corrected chi connectivity index (χ1v) is 12.1. The SMILES string of the molecule is CCc1cccc(SC[C@@H](C)C[C@H]2CSc3ccccc3OC2N)c1OCOC. The lowest BCUT2D eigenvalue weighted by molar-refractivity contribution is 0.0484. The summed E-state index contributed by atoms with van der Waals surface area (Å²) in [5, 5.41) is 0. The van der Waals surface area contributed by atoms with Crippen molar-refractivity contribution in [2.45, 2.75) is 42.7 Å². The van der Waals surface area contributed by atoms with Crippen molar-refractivity contribution in [1.29, 1.82) is 0 Å². The van der Waals surface area contributed by atoms with Crippen molar-refractivity contribution in [3.05, 3.63) is 48.0 Å². The van der Waals surface area contributed by atoms with Crippen molar-refractivity contribution in [3.8, 4) is 11.5 Å². The van der Waals surface area contributed by atoms with Gasteiger partial charge in [0.1, 0.15) is 11.5 Å². The largest absolute Gasteiger partial charge is 0.474 e. The van der Waals surface area contributed by atoms with Crippen molar-refractivity contribution >= 4 is 23.5 Å². The predicted octanol–water partition coefficient (Wildman–Crippen LogP) is 5.44. The third-order valence-corrected chi connectivity index (χ3v) is 7.63. The van der Waals surface area contributed by atoms with Gasteiger partial charge < -0.3 is 14.2 Å². The van der Waals surface area contributed by atoms with E-state index >= 15 is 0 Å². The molecule has 1 aliphatic rings. The highest BCUT2D eigenvalue weighted by Crippen LogP contribution is 2.38. The number of fused-ring (bicyclic) bond motifs is 1. The zero-order chi connectivity index (χ0) is 20.6. The number of hydrogen-bond donors (Lipinski definition) is 1. The number of hydrogen-bond acceptors (Lipinski definition) is 6. The molecule has 0 aliphatic carbocycles. The van der Waals surface area contributed by atoms with E-state index in [2.05, 4.69) is 38.1 Å². The van der Waals surface area contributed by atoms with Gasteiger partial charge in [-0.2, -0.15) is 0 Å². The van der Waals surface area contributed by atoms with E-state index in [1.807, 2.05) is 41.7 Å².